The third kappa shape index (κ3) is 3.14. The number of hydrogen-bond acceptors (Lipinski definition) is 4. The van der Waals surface area contributed by atoms with Crippen LogP contribution in [0.1, 0.15) is 21.1 Å². The van der Waals surface area contributed by atoms with Crippen LogP contribution in [0.15, 0.2) is 16.8 Å². The van der Waals surface area contributed by atoms with E-state index in [0.717, 1.165) is 30.2 Å². The molecule has 86 valence electrons. The van der Waals surface area contributed by atoms with Crippen LogP contribution in [0.2, 0.25) is 0 Å². The Bertz CT molecular complexity index is 445. The fourth-order valence-corrected chi connectivity index (χ4v) is 3.09. The zero-order valence-corrected chi connectivity index (χ0v) is 11.3. The summed E-state index contributed by atoms with van der Waals surface area (Å²) in [7, 11) is 0. The molecule has 0 aliphatic rings. The van der Waals surface area contributed by atoms with Crippen LogP contribution in [0.5, 0.6) is 0 Å². The highest BCUT2D eigenvalue weighted by Crippen LogP contribution is 2.15. The Labute approximate surface area is 104 Å². The summed E-state index contributed by atoms with van der Waals surface area (Å²) in [5.41, 5.74) is 2.57. The molecule has 16 heavy (non-hydrogen) atoms. The van der Waals surface area contributed by atoms with Gasteiger partial charge in [0, 0.05) is 23.3 Å². The summed E-state index contributed by atoms with van der Waals surface area (Å²) in [6.45, 7) is 6.13. The molecular formula is C12H16N2S2. The van der Waals surface area contributed by atoms with Crippen LogP contribution in [-0.2, 0) is 13.0 Å². The number of aryl methyl sites for hydroxylation is 2. The second-order valence-electron chi connectivity index (χ2n) is 3.81. The van der Waals surface area contributed by atoms with Crippen molar-refractivity contribution in [3.05, 3.63) is 38.0 Å². The maximum Gasteiger partial charge on any atom is 0.0897 e. The number of hydrogen-bond donors (Lipinski definition) is 1. The minimum absolute atomic E-state index is 0.884. The van der Waals surface area contributed by atoms with E-state index in [0.29, 0.717) is 0 Å². The normalized spacial score (nSPS) is 10.9. The largest absolute Gasteiger partial charge is 0.311 e. The molecule has 0 bridgehead atoms. The number of thiazole rings is 1. The number of thiophene rings is 1. The number of nitrogens with one attached hydrogen (secondary N) is 1. The predicted octanol–water partition coefficient (Wildman–Crippen LogP) is 3.15. The van der Waals surface area contributed by atoms with Crippen molar-refractivity contribution >= 4 is 22.7 Å². The van der Waals surface area contributed by atoms with Crippen molar-refractivity contribution in [3.8, 4) is 0 Å². The second-order valence-corrected chi connectivity index (χ2v) is 5.87. The van der Waals surface area contributed by atoms with E-state index in [1.165, 1.54) is 10.4 Å². The van der Waals surface area contributed by atoms with E-state index in [4.69, 9.17) is 0 Å². The van der Waals surface area contributed by atoms with Gasteiger partial charge in [-0.15, -0.1) is 22.7 Å². The fourth-order valence-electron chi connectivity index (χ4n) is 1.57. The van der Waals surface area contributed by atoms with Gasteiger partial charge in [0.05, 0.1) is 10.7 Å². The summed E-state index contributed by atoms with van der Waals surface area (Å²) >= 11 is 3.56. The number of aromatic nitrogens is 1. The Kier molecular flexibility index (Phi) is 4.09. The van der Waals surface area contributed by atoms with Gasteiger partial charge in [-0.25, -0.2) is 4.98 Å². The van der Waals surface area contributed by atoms with Crippen molar-refractivity contribution in [2.75, 3.05) is 6.54 Å². The van der Waals surface area contributed by atoms with Crippen molar-refractivity contribution in [2.45, 2.75) is 26.8 Å². The van der Waals surface area contributed by atoms with E-state index in [9.17, 15) is 0 Å². The molecule has 0 unspecified atom stereocenters. The summed E-state index contributed by atoms with van der Waals surface area (Å²) in [4.78, 5) is 5.91. The second kappa shape index (κ2) is 5.57. The van der Waals surface area contributed by atoms with Crippen LogP contribution in [-0.4, -0.2) is 11.5 Å². The van der Waals surface area contributed by atoms with Crippen LogP contribution in [0.25, 0.3) is 0 Å². The van der Waals surface area contributed by atoms with Gasteiger partial charge in [0.1, 0.15) is 0 Å². The Balaban J connectivity index is 1.71. The van der Waals surface area contributed by atoms with Gasteiger partial charge in [-0.1, -0.05) is 0 Å². The standard InChI is InChI=1S/C12H16N2S2/c1-9-4-6-15-12(9)3-5-13-7-11-8-16-10(2)14-11/h4,6,8,13H,3,5,7H2,1-2H3. The lowest BCUT2D eigenvalue weighted by Crippen LogP contribution is -2.16. The molecule has 1 N–H and O–H groups in total. The quantitative estimate of drug-likeness (QED) is 0.827. The maximum atomic E-state index is 4.42. The highest BCUT2D eigenvalue weighted by molar-refractivity contribution is 7.10. The molecule has 0 amide bonds. The third-order valence-electron chi connectivity index (χ3n) is 2.47. The SMILES string of the molecule is Cc1nc(CNCCc2sccc2C)cs1. The van der Waals surface area contributed by atoms with Gasteiger partial charge in [0.2, 0.25) is 0 Å². The molecule has 0 aromatic carbocycles. The van der Waals surface area contributed by atoms with Crippen LogP contribution in [0, 0.1) is 13.8 Å². The summed E-state index contributed by atoms with van der Waals surface area (Å²) in [6.07, 6.45) is 1.12. The molecule has 4 heteroatoms. The van der Waals surface area contributed by atoms with Crippen molar-refractivity contribution in [2.24, 2.45) is 0 Å². The van der Waals surface area contributed by atoms with Crippen molar-refractivity contribution in [3.63, 3.8) is 0 Å². The molecular weight excluding hydrogens is 236 g/mol. The number of rotatable bonds is 5. The molecule has 2 rings (SSSR count). The molecule has 2 aromatic heterocycles. The highest BCUT2D eigenvalue weighted by atomic mass is 32.1. The first kappa shape index (κ1) is 11.8. The molecule has 0 radical (unpaired) electrons. The smallest absolute Gasteiger partial charge is 0.0897 e. The highest BCUT2D eigenvalue weighted by Gasteiger charge is 2.00. The third-order valence-corrected chi connectivity index (χ3v) is 4.37. The van der Waals surface area contributed by atoms with Crippen LogP contribution >= 0.6 is 22.7 Å². The zero-order valence-electron chi connectivity index (χ0n) is 9.62. The maximum absolute atomic E-state index is 4.42. The van der Waals surface area contributed by atoms with Crippen molar-refractivity contribution in [1.82, 2.24) is 10.3 Å². The Morgan fingerprint density at radius 3 is 2.81 bits per heavy atom. The van der Waals surface area contributed by atoms with Gasteiger partial charge in [0.25, 0.3) is 0 Å². The summed E-state index contributed by atoms with van der Waals surface area (Å²) in [6, 6.07) is 2.18. The zero-order chi connectivity index (χ0) is 11.4. The molecule has 0 aliphatic carbocycles. The molecule has 0 fully saturated rings. The van der Waals surface area contributed by atoms with E-state index in [1.54, 1.807) is 11.3 Å². The first-order valence-corrected chi connectivity index (χ1v) is 7.16. The molecule has 0 saturated carbocycles. The van der Waals surface area contributed by atoms with E-state index in [2.05, 4.69) is 34.1 Å². The van der Waals surface area contributed by atoms with Gasteiger partial charge in [-0.3, -0.25) is 0 Å². The lowest BCUT2D eigenvalue weighted by molar-refractivity contribution is 0.679. The average molecular weight is 252 g/mol. The average Bonchev–Trinajstić information content (AvgIpc) is 2.83. The fraction of sp³-hybridized carbons (Fsp3) is 0.417. The van der Waals surface area contributed by atoms with Crippen LogP contribution < -0.4 is 5.32 Å². The molecule has 0 aliphatic heterocycles. The summed E-state index contributed by atoms with van der Waals surface area (Å²) in [5, 5.41) is 8.86. The van der Waals surface area contributed by atoms with Crippen LogP contribution in [0.4, 0.5) is 0 Å². The molecule has 0 saturated heterocycles. The molecule has 0 spiro atoms. The summed E-state index contributed by atoms with van der Waals surface area (Å²) < 4.78 is 0. The summed E-state index contributed by atoms with van der Waals surface area (Å²) in [5.74, 6) is 0. The van der Waals surface area contributed by atoms with Gasteiger partial charge < -0.3 is 5.32 Å². The van der Waals surface area contributed by atoms with E-state index >= 15 is 0 Å². The first-order chi connectivity index (χ1) is 7.75. The van der Waals surface area contributed by atoms with Gasteiger partial charge in [0.15, 0.2) is 0 Å². The minimum Gasteiger partial charge on any atom is -0.311 e. The van der Waals surface area contributed by atoms with Crippen molar-refractivity contribution in [1.29, 1.82) is 0 Å². The first-order valence-electron chi connectivity index (χ1n) is 5.40. The molecule has 2 nitrogen and oxygen atoms in total. The Morgan fingerprint density at radius 1 is 1.31 bits per heavy atom. The monoisotopic (exact) mass is 252 g/mol. The Hall–Kier alpha value is -0.710. The lowest BCUT2D eigenvalue weighted by atomic mass is 10.2. The lowest BCUT2D eigenvalue weighted by Gasteiger charge is -2.02. The molecule has 2 heterocycles. The number of nitrogens with zero attached hydrogens (tertiary/aromatic N) is 1. The molecule has 0 atom stereocenters. The Morgan fingerprint density at radius 2 is 2.19 bits per heavy atom. The van der Waals surface area contributed by atoms with Gasteiger partial charge >= 0.3 is 0 Å². The minimum atomic E-state index is 0.884. The van der Waals surface area contributed by atoms with E-state index in [1.807, 2.05) is 18.3 Å². The molecule has 2 aromatic rings. The van der Waals surface area contributed by atoms with E-state index < -0.39 is 0 Å². The van der Waals surface area contributed by atoms with Crippen molar-refractivity contribution < 1.29 is 0 Å². The van der Waals surface area contributed by atoms with Gasteiger partial charge in [-0.05, 0) is 37.3 Å². The topological polar surface area (TPSA) is 24.9 Å². The van der Waals surface area contributed by atoms with Crippen LogP contribution in [0.3, 0.4) is 0 Å². The van der Waals surface area contributed by atoms with Gasteiger partial charge in [-0.2, -0.15) is 0 Å². The van der Waals surface area contributed by atoms with E-state index in [-0.39, 0.29) is 0 Å². The predicted molar refractivity (Wildman–Crippen MR) is 71.3 cm³/mol.